The number of nitrogens with zero attached hydrogens (tertiary/aromatic N) is 2. The molecule has 0 spiro atoms. The first kappa shape index (κ1) is 14.2. The fraction of sp³-hybridized carbons (Fsp3) is 0.278. The second-order valence-electron chi connectivity index (χ2n) is 5.35. The molecule has 0 saturated carbocycles. The van der Waals surface area contributed by atoms with Gasteiger partial charge in [0, 0.05) is 0 Å². The van der Waals surface area contributed by atoms with Crippen LogP contribution in [0.15, 0.2) is 70.6 Å². The van der Waals surface area contributed by atoms with Gasteiger partial charge in [0.1, 0.15) is 0 Å². The van der Waals surface area contributed by atoms with Gasteiger partial charge in [0.25, 0.3) is 0 Å². The van der Waals surface area contributed by atoms with Crippen molar-refractivity contribution in [2.75, 3.05) is 0 Å². The number of aliphatic imine (C=N–C) groups is 2. The van der Waals surface area contributed by atoms with Crippen molar-refractivity contribution < 1.29 is 0 Å². The topological polar surface area (TPSA) is 24.7 Å². The Morgan fingerprint density at radius 2 is 1.45 bits per heavy atom. The minimum atomic E-state index is -0.304. The summed E-state index contributed by atoms with van der Waals surface area (Å²) in [6, 6.07) is 23.3. The molecule has 0 fully saturated rings. The monoisotopic (exact) mass is 264 g/mol. The normalized spacial score (nSPS) is 12.3. The molecule has 2 aromatic carbocycles. The number of benzene rings is 2. The largest absolute Gasteiger partial charge is 0.218 e. The standard InChI is InChI=1S/C18H20N2/c1-15(16-10-6-4-7-11-16)19-14-20-18(2,3)17-12-8-5-9-13-17/h4-13,15H,1-3H3. The third-order valence-electron chi connectivity index (χ3n) is 3.34. The van der Waals surface area contributed by atoms with E-state index in [9.17, 15) is 0 Å². The second kappa shape index (κ2) is 6.31. The lowest BCUT2D eigenvalue weighted by Gasteiger charge is -2.17. The van der Waals surface area contributed by atoms with Crippen molar-refractivity contribution in [2.24, 2.45) is 9.98 Å². The molecule has 2 heteroatoms. The zero-order chi connectivity index (χ0) is 14.4. The molecule has 0 aliphatic carbocycles. The molecule has 0 aliphatic rings. The van der Waals surface area contributed by atoms with Gasteiger partial charge < -0.3 is 0 Å². The Morgan fingerprint density at radius 1 is 0.900 bits per heavy atom. The number of hydrogen-bond acceptors (Lipinski definition) is 2. The number of hydrogen-bond donors (Lipinski definition) is 0. The summed E-state index contributed by atoms with van der Waals surface area (Å²) in [5.74, 6) is 0. The summed E-state index contributed by atoms with van der Waals surface area (Å²) in [5, 5.41) is 0. The van der Waals surface area contributed by atoms with Crippen LogP contribution in [0.1, 0.15) is 37.9 Å². The quantitative estimate of drug-likeness (QED) is 0.705. The smallest absolute Gasteiger partial charge is 0.0910 e. The van der Waals surface area contributed by atoms with E-state index < -0.39 is 0 Å². The van der Waals surface area contributed by atoms with E-state index in [1.807, 2.05) is 43.3 Å². The summed E-state index contributed by atoms with van der Waals surface area (Å²) >= 11 is 0. The Balaban J connectivity index is 2.14. The lowest BCUT2D eigenvalue weighted by molar-refractivity contribution is 0.561. The third-order valence-corrected chi connectivity index (χ3v) is 3.34. The van der Waals surface area contributed by atoms with Crippen molar-refractivity contribution in [3.63, 3.8) is 0 Å². The lowest BCUT2D eigenvalue weighted by Crippen LogP contribution is -2.12. The summed E-state index contributed by atoms with van der Waals surface area (Å²) in [6.45, 7) is 6.18. The molecular formula is C18H20N2. The molecule has 2 nitrogen and oxygen atoms in total. The first-order valence-electron chi connectivity index (χ1n) is 6.87. The van der Waals surface area contributed by atoms with Crippen LogP contribution in [-0.2, 0) is 5.54 Å². The van der Waals surface area contributed by atoms with Gasteiger partial charge in [0.2, 0.25) is 0 Å². The fourth-order valence-corrected chi connectivity index (χ4v) is 1.96. The molecule has 102 valence electrons. The van der Waals surface area contributed by atoms with Gasteiger partial charge in [0.15, 0.2) is 0 Å². The van der Waals surface area contributed by atoms with Crippen LogP contribution in [0.2, 0.25) is 0 Å². The Labute approximate surface area is 120 Å². The van der Waals surface area contributed by atoms with Gasteiger partial charge >= 0.3 is 0 Å². The molecule has 0 heterocycles. The maximum absolute atomic E-state index is 4.48. The first-order valence-corrected chi connectivity index (χ1v) is 6.87. The van der Waals surface area contributed by atoms with E-state index in [0.29, 0.717) is 0 Å². The highest BCUT2D eigenvalue weighted by Gasteiger charge is 2.17. The molecule has 0 radical (unpaired) electrons. The van der Waals surface area contributed by atoms with Crippen LogP contribution in [0, 0.1) is 0 Å². The summed E-state index contributed by atoms with van der Waals surface area (Å²) < 4.78 is 0. The molecule has 0 amide bonds. The fourth-order valence-electron chi connectivity index (χ4n) is 1.96. The minimum absolute atomic E-state index is 0.0755. The van der Waals surface area contributed by atoms with E-state index in [1.165, 1.54) is 5.56 Å². The van der Waals surface area contributed by atoms with Gasteiger partial charge in [-0.2, -0.15) is 0 Å². The van der Waals surface area contributed by atoms with Crippen LogP contribution in [0.3, 0.4) is 0 Å². The van der Waals surface area contributed by atoms with Crippen LogP contribution >= 0.6 is 0 Å². The maximum atomic E-state index is 4.48. The first-order chi connectivity index (χ1) is 9.59. The molecular weight excluding hydrogens is 244 g/mol. The summed E-state index contributed by atoms with van der Waals surface area (Å²) in [7, 11) is 0. The van der Waals surface area contributed by atoms with E-state index in [1.54, 1.807) is 0 Å². The van der Waals surface area contributed by atoms with Crippen LogP contribution < -0.4 is 0 Å². The van der Waals surface area contributed by atoms with Gasteiger partial charge in [-0.25, -0.2) is 9.98 Å². The minimum Gasteiger partial charge on any atom is -0.218 e. The van der Waals surface area contributed by atoms with Crippen molar-refractivity contribution in [3.05, 3.63) is 71.8 Å². The maximum Gasteiger partial charge on any atom is 0.0910 e. The van der Waals surface area contributed by atoms with E-state index in [2.05, 4.69) is 54.1 Å². The molecule has 0 aliphatic heterocycles. The molecule has 0 saturated heterocycles. The lowest BCUT2D eigenvalue weighted by atomic mass is 9.95. The van der Waals surface area contributed by atoms with E-state index in [-0.39, 0.29) is 11.6 Å². The van der Waals surface area contributed by atoms with Crippen molar-refractivity contribution >= 4 is 6.01 Å². The molecule has 1 unspecified atom stereocenters. The molecule has 2 aromatic rings. The number of rotatable bonds is 4. The van der Waals surface area contributed by atoms with Crippen molar-refractivity contribution in [3.8, 4) is 0 Å². The highest BCUT2D eigenvalue weighted by Crippen LogP contribution is 2.23. The summed E-state index contributed by atoms with van der Waals surface area (Å²) in [4.78, 5) is 8.86. The highest BCUT2D eigenvalue weighted by atomic mass is 14.9. The van der Waals surface area contributed by atoms with Crippen LogP contribution in [0.5, 0.6) is 0 Å². The van der Waals surface area contributed by atoms with Crippen LogP contribution in [0.25, 0.3) is 0 Å². The van der Waals surface area contributed by atoms with Crippen LogP contribution in [0.4, 0.5) is 0 Å². The Bertz CT molecular complexity index is 594. The van der Waals surface area contributed by atoms with Crippen molar-refractivity contribution in [2.45, 2.75) is 32.4 Å². The van der Waals surface area contributed by atoms with E-state index >= 15 is 0 Å². The van der Waals surface area contributed by atoms with Gasteiger partial charge in [-0.15, -0.1) is 0 Å². The van der Waals surface area contributed by atoms with Gasteiger partial charge in [-0.1, -0.05) is 60.7 Å². The highest BCUT2D eigenvalue weighted by molar-refractivity contribution is 5.45. The molecule has 2 rings (SSSR count). The summed E-state index contributed by atoms with van der Waals surface area (Å²) in [5.41, 5.74) is 2.03. The van der Waals surface area contributed by atoms with Crippen LogP contribution in [-0.4, -0.2) is 6.01 Å². The molecule has 0 N–H and O–H groups in total. The zero-order valence-corrected chi connectivity index (χ0v) is 12.2. The van der Waals surface area contributed by atoms with Gasteiger partial charge in [-0.05, 0) is 31.9 Å². The molecule has 0 aromatic heterocycles. The summed E-state index contributed by atoms with van der Waals surface area (Å²) in [6.07, 6.45) is 0. The predicted molar refractivity (Wildman–Crippen MR) is 84.2 cm³/mol. The second-order valence-corrected chi connectivity index (χ2v) is 5.35. The molecule has 20 heavy (non-hydrogen) atoms. The Hall–Kier alpha value is -2.18. The van der Waals surface area contributed by atoms with E-state index in [0.717, 1.165) is 5.56 Å². The SMILES string of the molecule is CC(N=C=NC(C)(C)c1ccccc1)c1ccccc1. The Morgan fingerprint density at radius 3 is 2.05 bits per heavy atom. The zero-order valence-electron chi connectivity index (χ0n) is 12.2. The average molecular weight is 264 g/mol. The van der Waals surface area contributed by atoms with Crippen molar-refractivity contribution in [1.29, 1.82) is 0 Å². The predicted octanol–water partition coefficient (Wildman–Crippen LogP) is 4.86. The molecule has 1 atom stereocenters. The molecule has 0 bridgehead atoms. The Kier molecular flexibility index (Phi) is 4.49. The van der Waals surface area contributed by atoms with Crippen molar-refractivity contribution in [1.82, 2.24) is 0 Å². The third kappa shape index (κ3) is 3.66. The van der Waals surface area contributed by atoms with Gasteiger partial charge in [0.05, 0.1) is 17.6 Å². The van der Waals surface area contributed by atoms with E-state index in [4.69, 9.17) is 0 Å². The van der Waals surface area contributed by atoms with Gasteiger partial charge in [-0.3, -0.25) is 0 Å². The average Bonchev–Trinajstić information content (AvgIpc) is 2.49.